The molecule has 2 amide bonds. The second-order valence-electron chi connectivity index (χ2n) is 5.34. The molecule has 0 heterocycles. The van der Waals surface area contributed by atoms with Gasteiger partial charge in [0.1, 0.15) is 11.6 Å². The number of aryl methyl sites for hydroxylation is 1. The van der Waals surface area contributed by atoms with Crippen LogP contribution in [-0.4, -0.2) is 24.3 Å². The number of aliphatic hydroxyl groups is 1. The maximum Gasteiger partial charge on any atom is 0.319 e. The van der Waals surface area contributed by atoms with Crippen LogP contribution in [0.25, 0.3) is 0 Å². The number of benzene rings is 2. The monoisotopic (exact) mass is 332 g/mol. The van der Waals surface area contributed by atoms with E-state index in [1.54, 1.807) is 6.07 Å². The van der Waals surface area contributed by atoms with Crippen molar-refractivity contribution >= 4 is 11.7 Å². The Morgan fingerprint density at radius 1 is 1.25 bits per heavy atom. The van der Waals surface area contributed by atoms with E-state index in [9.17, 15) is 14.3 Å². The van der Waals surface area contributed by atoms with E-state index >= 15 is 0 Å². The number of carbonyl (C=O) groups is 1. The summed E-state index contributed by atoms with van der Waals surface area (Å²) in [7, 11) is 0. The van der Waals surface area contributed by atoms with E-state index in [2.05, 4.69) is 10.6 Å². The van der Waals surface area contributed by atoms with Gasteiger partial charge in [0.2, 0.25) is 0 Å². The van der Waals surface area contributed by atoms with Crippen molar-refractivity contribution < 1.29 is 19.0 Å². The number of carbonyl (C=O) groups excluding carboxylic acids is 1. The van der Waals surface area contributed by atoms with Crippen molar-refractivity contribution in [1.29, 1.82) is 0 Å². The molecule has 24 heavy (non-hydrogen) atoms. The first-order valence-electron chi connectivity index (χ1n) is 7.71. The molecule has 0 aromatic heterocycles. The number of hydrogen-bond acceptors (Lipinski definition) is 3. The van der Waals surface area contributed by atoms with Crippen LogP contribution in [-0.2, 0) is 0 Å². The van der Waals surface area contributed by atoms with Gasteiger partial charge in [-0.2, -0.15) is 0 Å². The lowest BCUT2D eigenvalue weighted by Gasteiger charge is -2.15. The number of urea groups is 1. The zero-order valence-electron chi connectivity index (χ0n) is 13.7. The van der Waals surface area contributed by atoms with Crippen molar-refractivity contribution in [3.8, 4) is 5.75 Å². The van der Waals surface area contributed by atoms with Crippen LogP contribution >= 0.6 is 0 Å². The first-order chi connectivity index (χ1) is 11.5. The average molecular weight is 332 g/mol. The minimum atomic E-state index is -0.916. The summed E-state index contributed by atoms with van der Waals surface area (Å²) < 4.78 is 18.4. The molecule has 5 nitrogen and oxygen atoms in total. The number of aliphatic hydroxyl groups excluding tert-OH is 1. The lowest BCUT2D eigenvalue weighted by Crippen LogP contribution is -2.32. The van der Waals surface area contributed by atoms with Gasteiger partial charge >= 0.3 is 6.03 Å². The van der Waals surface area contributed by atoms with Crippen LogP contribution in [0.5, 0.6) is 5.75 Å². The Balaban J connectivity index is 1.92. The summed E-state index contributed by atoms with van der Waals surface area (Å²) in [4.78, 5) is 12.0. The molecular weight excluding hydrogens is 311 g/mol. The highest BCUT2D eigenvalue weighted by atomic mass is 19.1. The van der Waals surface area contributed by atoms with Crippen LogP contribution in [0.4, 0.5) is 14.9 Å². The summed E-state index contributed by atoms with van der Waals surface area (Å²) in [5.74, 6) is 0.214. The van der Waals surface area contributed by atoms with Crippen molar-refractivity contribution in [3.63, 3.8) is 0 Å². The minimum absolute atomic E-state index is 0.00724. The molecule has 6 heteroatoms. The Bertz CT molecular complexity index is 689. The minimum Gasteiger partial charge on any atom is -0.492 e. The van der Waals surface area contributed by atoms with E-state index in [0.29, 0.717) is 23.6 Å². The van der Waals surface area contributed by atoms with E-state index in [-0.39, 0.29) is 12.4 Å². The van der Waals surface area contributed by atoms with Gasteiger partial charge in [-0.05, 0) is 49.2 Å². The van der Waals surface area contributed by atoms with Gasteiger partial charge in [0, 0.05) is 6.54 Å². The molecule has 2 aromatic rings. The normalized spacial score (nSPS) is 11.7. The smallest absolute Gasteiger partial charge is 0.319 e. The third-order valence-corrected chi connectivity index (χ3v) is 3.40. The summed E-state index contributed by atoms with van der Waals surface area (Å²) in [6.07, 6.45) is -0.916. The molecule has 1 unspecified atom stereocenters. The SMILES string of the molecule is CCOc1cc(C)ccc1NC(=O)NCC(O)c1ccc(F)cc1. The first kappa shape index (κ1) is 17.7. The molecule has 0 radical (unpaired) electrons. The largest absolute Gasteiger partial charge is 0.492 e. The summed E-state index contributed by atoms with van der Waals surface area (Å²) in [5, 5.41) is 15.3. The van der Waals surface area contributed by atoms with Gasteiger partial charge in [-0.15, -0.1) is 0 Å². The highest BCUT2D eigenvalue weighted by Gasteiger charge is 2.11. The fourth-order valence-corrected chi connectivity index (χ4v) is 2.17. The predicted molar refractivity (Wildman–Crippen MR) is 90.7 cm³/mol. The van der Waals surface area contributed by atoms with Crippen LogP contribution in [0, 0.1) is 12.7 Å². The van der Waals surface area contributed by atoms with Gasteiger partial charge in [0.15, 0.2) is 0 Å². The van der Waals surface area contributed by atoms with Gasteiger partial charge < -0.3 is 20.5 Å². The Hall–Kier alpha value is -2.60. The highest BCUT2D eigenvalue weighted by molar-refractivity contribution is 5.91. The van der Waals surface area contributed by atoms with Crippen LogP contribution < -0.4 is 15.4 Å². The Labute approximate surface area is 140 Å². The van der Waals surface area contributed by atoms with Gasteiger partial charge in [-0.25, -0.2) is 9.18 Å². The second kappa shape index (κ2) is 8.31. The second-order valence-corrected chi connectivity index (χ2v) is 5.34. The third kappa shape index (κ3) is 4.96. The van der Waals surface area contributed by atoms with Gasteiger partial charge in [-0.1, -0.05) is 18.2 Å². The Morgan fingerprint density at radius 3 is 2.62 bits per heavy atom. The molecule has 1 atom stereocenters. The quantitative estimate of drug-likeness (QED) is 0.759. The molecule has 0 fully saturated rings. The molecule has 0 spiro atoms. The summed E-state index contributed by atoms with van der Waals surface area (Å²) in [6, 6.07) is 10.5. The van der Waals surface area contributed by atoms with Crippen LogP contribution in [0.3, 0.4) is 0 Å². The molecule has 3 N–H and O–H groups in total. The van der Waals surface area contributed by atoms with Crippen molar-refractivity contribution in [2.75, 3.05) is 18.5 Å². The van der Waals surface area contributed by atoms with E-state index in [0.717, 1.165) is 5.56 Å². The van der Waals surface area contributed by atoms with E-state index in [1.165, 1.54) is 24.3 Å². The summed E-state index contributed by atoms with van der Waals surface area (Å²) >= 11 is 0. The van der Waals surface area contributed by atoms with E-state index in [4.69, 9.17) is 4.74 Å². The maximum absolute atomic E-state index is 12.9. The lowest BCUT2D eigenvalue weighted by atomic mass is 10.1. The fourth-order valence-electron chi connectivity index (χ4n) is 2.17. The van der Waals surface area contributed by atoms with Crippen LogP contribution in [0.15, 0.2) is 42.5 Å². The van der Waals surface area contributed by atoms with Crippen LogP contribution in [0.1, 0.15) is 24.2 Å². The first-order valence-corrected chi connectivity index (χ1v) is 7.71. The number of ether oxygens (including phenoxy) is 1. The Kier molecular flexibility index (Phi) is 6.14. The predicted octanol–water partition coefficient (Wildman–Crippen LogP) is 3.39. The van der Waals surface area contributed by atoms with Crippen LogP contribution in [0.2, 0.25) is 0 Å². The fraction of sp³-hybridized carbons (Fsp3) is 0.278. The standard InChI is InChI=1S/C18H21FN2O3/c1-3-24-17-10-12(2)4-9-15(17)21-18(23)20-11-16(22)13-5-7-14(19)8-6-13/h4-10,16,22H,3,11H2,1-2H3,(H2,20,21,23). The number of rotatable bonds is 6. The molecule has 0 saturated carbocycles. The lowest BCUT2D eigenvalue weighted by molar-refractivity contribution is 0.175. The molecular formula is C18H21FN2O3. The molecule has 0 aliphatic carbocycles. The van der Waals surface area contributed by atoms with E-state index in [1.807, 2.05) is 26.0 Å². The zero-order chi connectivity index (χ0) is 17.5. The topological polar surface area (TPSA) is 70.6 Å². The number of halogens is 1. The molecule has 2 rings (SSSR count). The van der Waals surface area contributed by atoms with E-state index < -0.39 is 12.1 Å². The highest BCUT2D eigenvalue weighted by Crippen LogP contribution is 2.25. The summed E-state index contributed by atoms with van der Waals surface area (Å²) in [6.45, 7) is 4.30. The number of nitrogens with one attached hydrogen (secondary N) is 2. The maximum atomic E-state index is 12.9. The number of amides is 2. The molecule has 0 aliphatic rings. The average Bonchev–Trinajstić information content (AvgIpc) is 2.56. The molecule has 0 saturated heterocycles. The van der Waals surface area contributed by atoms with Gasteiger partial charge in [0.05, 0.1) is 18.4 Å². The van der Waals surface area contributed by atoms with Crippen molar-refractivity contribution in [2.24, 2.45) is 0 Å². The third-order valence-electron chi connectivity index (χ3n) is 3.40. The zero-order valence-corrected chi connectivity index (χ0v) is 13.7. The Morgan fingerprint density at radius 2 is 1.96 bits per heavy atom. The molecule has 0 bridgehead atoms. The number of anilines is 1. The van der Waals surface area contributed by atoms with Crippen molar-refractivity contribution in [2.45, 2.75) is 20.0 Å². The number of hydrogen-bond donors (Lipinski definition) is 3. The van der Waals surface area contributed by atoms with Crippen molar-refractivity contribution in [3.05, 3.63) is 59.4 Å². The van der Waals surface area contributed by atoms with Crippen molar-refractivity contribution in [1.82, 2.24) is 5.32 Å². The molecule has 0 aliphatic heterocycles. The molecule has 2 aromatic carbocycles. The molecule has 128 valence electrons. The van der Waals surface area contributed by atoms with Gasteiger partial charge in [-0.3, -0.25) is 0 Å². The van der Waals surface area contributed by atoms with Gasteiger partial charge in [0.25, 0.3) is 0 Å². The summed E-state index contributed by atoms with van der Waals surface area (Å²) in [5.41, 5.74) is 2.11.